The third-order valence-electron chi connectivity index (χ3n) is 4.43. The maximum absolute atomic E-state index is 14.0. The molecule has 0 radical (unpaired) electrons. The Labute approximate surface area is 167 Å². The molecule has 5 heteroatoms. The highest BCUT2D eigenvalue weighted by Crippen LogP contribution is 2.43. The maximum Gasteiger partial charge on any atom is 0.171 e. The first kappa shape index (κ1) is 21.7. The largest absolute Gasteiger partial charge is 0.508 e. The van der Waals surface area contributed by atoms with Gasteiger partial charge in [0, 0.05) is 22.0 Å². The maximum atomic E-state index is 14.0. The van der Waals surface area contributed by atoms with Crippen LogP contribution in [0.4, 0.5) is 0 Å². The van der Waals surface area contributed by atoms with Crippen LogP contribution in [0.3, 0.4) is 0 Å². The second kappa shape index (κ2) is 10.1. The van der Waals surface area contributed by atoms with Gasteiger partial charge in [0.1, 0.15) is 5.75 Å². The van der Waals surface area contributed by atoms with Gasteiger partial charge in [-0.25, -0.2) is 0 Å². The molecule has 0 fully saturated rings. The minimum absolute atomic E-state index is 0.0463. The fraction of sp³-hybridized carbons (Fsp3) is 0.217. The van der Waals surface area contributed by atoms with Crippen LogP contribution in [0, 0.1) is 5.92 Å². The highest BCUT2D eigenvalue weighted by Gasteiger charge is 2.30. The van der Waals surface area contributed by atoms with E-state index in [0.717, 1.165) is 5.92 Å². The van der Waals surface area contributed by atoms with Crippen molar-refractivity contribution in [3.63, 3.8) is 0 Å². The molecule has 148 valence electrons. The van der Waals surface area contributed by atoms with Crippen LogP contribution in [0.1, 0.15) is 27.2 Å². The number of phenols is 1. The molecule has 0 amide bonds. The van der Waals surface area contributed by atoms with Gasteiger partial charge in [0.2, 0.25) is 0 Å². The second-order valence-corrected chi connectivity index (χ2v) is 9.65. The zero-order valence-electron chi connectivity index (χ0n) is 16.6. The average molecular weight is 397 g/mol. The number of hydrogen-bond donors (Lipinski definition) is 2. The Bertz CT molecular complexity index is 868. The van der Waals surface area contributed by atoms with Crippen LogP contribution in [-0.4, -0.2) is 5.11 Å². The number of rotatable bonds is 5. The SMILES string of the molecule is CCC(C)C.NOc1cc(O)cc(P(=O)(c2ccccc2)c2ccccc2)c1. The van der Waals surface area contributed by atoms with Crippen LogP contribution in [0.5, 0.6) is 11.5 Å². The van der Waals surface area contributed by atoms with Crippen molar-refractivity contribution in [2.45, 2.75) is 27.2 Å². The molecule has 0 spiro atoms. The van der Waals surface area contributed by atoms with Gasteiger partial charge in [0.05, 0.1) is 0 Å². The Morgan fingerprint density at radius 2 is 1.36 bits per heavy atom. The molecule has 0 atom stereocenters. The van der Waals surface area contributed by atoms with E-state index in [-0.39, 0.29) is 11.5 Å². The molecule has 28 heavy (non-hydrogen) atoms. The summed E-state index contributed by atoms with van der Waals surface area (Å²) in [6.45, 7) is 6.64. The van der Waals surface area contributed by atoms with E-state index in [0.29, 0.717) is 15.9 Å². The summed E-state index contributed by atoms with van der Waals surface area (Å²) in [6, 6.07) is 22.9. The van der Waals surface area contributed by atoms with Gasteiger partial charge in [-0.05, 0) is 18.1 Å². The van der Waals surface area contributed by atoms with E-state index in [9.17, 15) is 9.67 Å². The molecule has 0 bridgehead atoms. The smallest absolute Gasteiger partial charge is 0.171 e. The monoisotopic (exact) mass is 397 g/mol. The van der Waals surface area contributed by atoms with Crippen molar-refractivity contribution < 1.29 is 14.5 Å². The van der Waals surface area contributed by atoms with E-state index in [2.05, 4.69) is 20.8 Å². The predicted octanol–water partition coefficient (Wildman–Crippen LogP) is 4.34. The van der Waals surface area contributed by atoms with E-state index in [1.165, 1.54) is 18.6 Å². The topological polar surface area (TPSA) is 72.6 Å². The summed E-state index contributed by atoms with van der Waals surface area (Å²) >= 11 is 0. The third kappa shape index (κ3) is 5.25. The molecule has 0 heterocycles. The molecular formula is C23H28NO3P. The van der Waals surface area contributed by atoms with E-state index in [4.69, 9.17) is 10.7 Å². The first-order chi connectivity index (χ1) is 13.4. The fourth-order valence-electron chi connectivity index (χ4n) is 2.54. The van der Waals surface area contributed by atoms with Crippen LogP contribution in [-0.2, 0) is 4.57 Å². The van der Waals surface area contributed by atoms with Gasteiger partial charge in [-0.2, -0.15) is 5.90 Å². The zero-order valence-corrected chi connectivity index (χ0v) is 17.5. The number of nitrogens with two attached hydrogens (primary N) is 1. The highest BCUT2D eigenvalue weighted by molar-refractivity contribution is 7.85. The molecule has 3 aromatic rings. The predicted molar refractivity (Wildman–Crippen MR) is 117 cm³/mol. The number of hydrogen-bond acceptors (Lipinski definition) is 4. The van der Waals surface area contributed by atoms with Crippen molar-refractivity contribution in [1.29, 1.82) is 0 Å². The van der Waals surface area contributed by atoms with E-state index < -0.39 is 7.14 Å². The van der Waals surface area contributed by atoms with E-state index in [1.807, 2.05) is 60.7 Å². The molecule has 0 aliphatic carbocycles. The Kier molecular flexibility index (Phi) is 7.86. The minimum Gasteiger partial charge on any atom is -0.508 e. The summed E-state index contributed by atoms with van der Waals surface area (Å²) in [5, 5.41) is 11.8. The quantitative estimate of drug-likeness (QED) is 0.496. The summed E-state index contributed by atoms with van der Waals surface area (Å²) < 4.78 is 14.0. The third-order valence-corrected chi connectivity index (χ3v) is 7.47. The van der Waals surface area contributed by atoms with Crippen molar-refractivity contribution in [2.24, 2.45) is 11.8 Å². The van der Waals surface area contributed by atoms with Gasteiger partial charge in [-0.15, -0.1) is 0 Å². The van der Waals surface area contributed by atoms with Crippen LogP contribution in [0.25, 0.3) is 0 Å². The lowest BCUT2D eigenvalue weighted by molar-refractivity contribution is 0.332. The van der Waals surface area contributed by atoms with Gasteiger partial charge >= 0.3 is 0 Å². The van der Waals surface area contributed by atoms with Crippen molar-refractivity contribution in [3.05, 3.63) is 78.9 Å². The normalized spacial score (nSPS) is 10.9. The summed E-state index contributed by atoms with van der Waals surface area (Å²) in [6.07, 6.45) is 1.31. The van der Waals surface area contributed by atoms with E-state index in [1.54, 1.807) is 6.07 Å². The second-order valence-electron chi connectivity index (χ2n) is 6.89. The highest BCUT2D eigenvalue weighted by atomic mass is 31.2. The van der Waals surface area contributed by atoms with Gasteiger partial charge in [0.15, 0.2) is 12.9 Å². The van der Waals surface area contributed by atoms with Gasteiger partial charge in [-0.1, -0.05) is 87.9 Å². The van der Waals surface area contributed by atoms with Crippen molar-refractivity contribution in [1.82, 2.24) is 0 Å². The van der Waals surface area contributed by atoms with Crippen LogP contribution in [0.2, 0.25) is 0 Å². The van der Waals surface area contributed by atoms with Crippen molar-refractivity contribution in [2.75, 3.05) is 0 Å². The number of phenolic OH excluding ortho intramolecular Hbond substituents is 1. The number of benzene rings is 3. The number of aromatic hydroxyl groups is 1. The van der Waals surface area contributed by atoms with Gasteiger partial charge in [-0.3, -0.25) is 0 Å². The Hall–Kier alpha value is -2.55. The van der Waals surface area contributed by atoms with Crippen LogP contribution >= 0.6 is 7.14 Å². The van der Waals surface area contributed by atoms with Crippen molar-refractivity contribution >= 4 is 23.1 Å². The lowest BCUT2D eigenvalue weighted by atomic mass is 10.2. The minimum atomic E-state index is -3.14. The standard InChI is InChI=1S/C18H16NO3P.C5H12/c19-22-15-11-14(20)12-18(13-15)23(21,16-7-3-1-4-8-16)17-9-5-2-6-10-17;1-4-5(2)3/h1-13,20H,19H2;5H,4H2,1-3H3. The molecule has 0 aromatic heterocycles. The Morgan fingerprint density at radius 3 is 1.75 bits per heavy atom. The summed E-state index contributed by atoms with van der Waals surface area (Å²) in [5.41, 5.74) is 0. The molecule has 0 aliphatic rings. The van der Waals surface area contributed by atoms with Gasteiger partial charge < -0.3 is 14.5 Å². The molecule has 3 N–H and O–H groups in total. The molecule has 0 aliphatic heterocycles. The fourth-order valence-corrected chi connectivity index (χ4v) is 5.24. The first-order valence-corrected chi connectivity index (χ1v) is 11.0. The molecule has 3 aromatic carbocycles. The molecule has 0 saturated heterocycles. The molecular weight excluding hydrogens is 369 g/mol. The summed E-state index contributed by atoms with van der Waals surface area (Å²) in [7, 11) is -3.14. The summed E-state index contributed by atoms with van der Waals surface area (Å²) in [5.74, 6) is 6.30. The van der Waals surface area contributed by atoms with Gasteiger partial charge in [0.25, 0.3) is 0 Å². The summed E-state index contributed by atoms with van der Waals surface area (Å²) in [4.78, 5) is 4.72. The Morgan fingerprint density at radius 1 is 0.893 bits per heavy atom. The van der Waals surface area contributed by atoms with Crippen LogP contribution < -0.4 is 26.6 Å². The molecule has 0 saturated carbocycles. The lowest BCUT2D eigenvalue weighted by Gasteiger charge is -2.20. The lowest BCUT2D eigenvalue weighted by Crippen LogP contribution is -2.25. The Balaban J connectivity index is 0.000000500. The average Bonchev–Trinajstić information content (AvgIpc) is 2.74. The van der Waals surface area contributed by atoms with Crippen molar-refractivity contribution in [3.8, 4) is 11.5 Å². The van der Waals surface area contributed by atoms with E-state index >= 15 is 0 Å². The first-order valence-electron chi connectivity index (χ1n) is 9.34. The van der Waals surface area contributed by atoms with Crippen LogP contribution in [0.15, 0.2) is 78.9 Å². The molecule has 3 rings (SSSR count). The molecule has 4 nitrogen and oxygen atoms in total. The molecule has 0 unspecified atom stereocenters. The zero-order chi connectivity index (χ0) is 20.6.